The van der Waals surface area contributed by atoms with Crippen molar-refractivity contribution in [1.29, 1.82) is 0 Å². The monoisotopic (exact) mass is 517 g/mol. The minimum absolute atomic E-state index is 0.184. The first-order valence-corrected chi connectivity index (χ1v) is 12.7. The fourth-order valence-corrected chi connectivity index (χ4v) is 5.21. The number of hydrogen-bond donors (Lipinski definition) is 2. The van der Waals surface area contributed by atoms with E-state index in [4.69, 9.17) is 16.3 Å². The maximum absolute atomic E-state index is 13.4. The van der Waals surface area contributed by atoms with Crippen molar-refractivity contribution in [3.05, 3.63) is 70.0 Å². The second kappa shape index (κ2) is 8.32. The van der Waals surface area contributed by atoms with Crippen LogP contribution in [0.3, 0.4) is 0 Å². The van der Waals surface area contributed by atoms with Gasteiger partial charge in [-0.05, 0) is 55.4 Å². The van der Waals surface area contributed by atoms with Crippen LogP contribution in [0.2, 0.25) is 5.02 Å². The Hall–Kier alpha value is -3.89. The van der Waals surface area contributed by atoms with E-state index in [1.807, 2.05) is 43.7 Å². The molecule has 2 aliphatic carbocycles. The summed E-state index contributed by atoms with van der Waals surface area (Å²) >= 11 is 6.77. The summed E-state index contributed by atoms with van der Waals surface area (Å²) in [6.45, 7) is 0. The van der Waals surface area contributed by atoms with Gasteiger partial charge in [0.1, 0.15) is 21.7 Å². The second-order valence-electron chi connectivity index (χ2n) is 9.76. The number of aromatic nitrogens is 6. The van der Waals surface area contributed by atoms with E-state index in [0.29, 0.717) is 51.7 Å². The predicted molar refractivity (Wildman–Crippen MR) is 139 cm³/mol. The van der Waals surface area contributed by atoms with E-state index in [1.54, 1.807) is 19.8 Å². The quantitative estimate of drug-likeness (QED) is 0.340. The highest BCUT2D eigenvalue weighted by molar-refractivity contribution is 6.36. The van der Waals surface area contributed by atoms with Gasteiger partial charge in [-0.15, -0.1) is 0 Å². The number of nitrogens with one attached hydrogen (secondary N) is 1. The third kappa shape index (κ3) is 3.67. The summed E-state index contributed by atoms with van der Waals surface area (Å²) in [6, 6.07) is 7.40. The zero-order valence-electron chi connectivity index (χ0n) is 20.0. The number of nitrogens with zero attached hydrogens (tertiary/aromatic N) is 6. The van der Waals surface area contributed by atoms with E-state index < -0.39 is 6.10 Å². The third-order valence-electron chi connectivity index (χ3n) is 7.34. The Morgan fingerprint density at radius 1 is 1.16 bits per heavy atom. The Morgan fingerprint density at radius 3 is 2.78 bits per heavy atom. The van der Waals surface area contributed by atoms with E-state index in [2.05, 4.69) is 20.4 Å². The molecule has 188 valence electrons. The molecule has 0 aromatic carbocycles. The van der Waals surface area contributed by atoms with Crippen molar-refractivity contribution in [3.63, 3.8) is 0 Å². The number of aliphatic hydroxyl groups excluding tert-OH is 1. The van der Waals surface area contributed by atoms with Gasteiger partial charge in [-0.3, -0.25) is 4.79 Å². The Bertz CT molecular complexity index is 1740. The Kier molecular flexibility index (Phi) is 5.02. The lowest BCUT2D eigenvalue weighted by molar-refractivity contribution is 0.0299. The number of hydrogen-bond acceptors (Lipinski definition) is 7. The average molecular weight is 518 g/mol. The molecule has 0 spiro atoms. The highest BCUT2D eigenvalue weighted by Crippen LogP contribution is 2.42. The maximum Gasteiger partial charge on any atom is 0.274 e. The normalized spacial score (nSPS) is 19.3. The molecule has 0 amide bonds. The summed E-state index contributed by atoms with van der Waals surface area (Å²) in [6.07, 6.45) is 10.1. The predicted octanol–water partition coefficient (Wildman–Crippen LogP) is 4.54. The van der Waals surface area contributed by atoms with Crippen molar-refractivity contribution >= 4 is 39.9 Å². The van der Waals surface area contributed by atoms with Gasteiger partial charge >= 0.3 is 0 Å². The minimum atomic E-state index is -0.495. The highest BCUT2D eigenvalue weighted by atomic mass is 35.5. The highest BCUT2D eigenvalue weighted by Gasteiger charge is 2.33. The van der Waals surface area contributed by atoms with Crippen LogP contribution in [-0.4, -0.2) is 39.9 Å². The summed E-state index contributed by atoms with van der Waals surface area (Å²) in [4.78, 5) is 22.4. The van der Waals surface area contributed by atoms with E-state index in [9.17, 15) is 9.90 Å². The first-order chi connectivity index (χ1) is 18.0. The molecular formula is C26H24ClN7O3. The number of anilines is 2. The fraction of sp³-hybridized carbons (Fsp3) is 0.308. The van der Waals surface area contributed by atoms with Crippen LogP contribution >= 0.6 is 11.6 Å². The molecule has 2 fully saturated rings. The Balaban J connectivity index is 1.26. The molecule has 5 heterocycles. The smallest absolute Gasteiger partial charge is 0.274 e. The standard InChI is InChI=1S/C26H24ClN7O3/c1-32-23-22(27)21(37-20-12-29-34-9-3-2-4-18(20)34)11-28-24(23)31-26(32)30-16-10-15(14-5-6-14)13-33(25(16)36)17-7-8-19(17)35/h2-4,9-14,17,19,35H,5-8H2,1H3,(H,28,30,31)/t17-,19+/m0/s1. The number of aryl methyl sites for hydroxylation is 1. The van der Waals surface area contributed by atoms with Gasteiger partial charge < -0.3 is 24.3 Å². The lowest BCUT2D eigenvalue weighted by atomic mass is 9.88. The van der Waals surface area contributed by atoms with Crippen LogP contribution in [0.4, 0.5) is 11.6 Å². The molecule has 2 atom stereocenters. The topological polar surface area (TPSA) is 112 Å². The molecule has 0 bridgehead atoms. The van der Waals surface area contributed by atoms with Crippen LogP contribution in [0.1, 0.15) is 43.2 Å². The first-order valence-electron chi connectivity index (χ1n) is 12.3. The molecule has 37 heavy (non-hydrogen) atoms. The molecule has 11 heteroatoms. The van der Waals surface area contributed by atoms with Gasteiger partial charge in [-0.1, -0.05) is 17.7 Å². The van der Waals surface area contributed by atoms with Crippen molar-refractivity contribution in [2.75, 3.05) is 5.32 Å². The van der Waals surface area contributed by atoms with E-state index in [1.165, 1.54) is 6.20 Å². The van der Waals surface area contributed by atoms with Crippen molar-refractivity contribution in [2.45, 2.75) is 43.7 Å². The molecule has 2 saturated carbocycles. The van der Waals surface area contributed by atoms with E-state index in [-0.39, 0.29) is 11.6 Å². The van der Waals surface area contributed by atoms with Gasteiger partial charge in [0.25, 0.3) is 5.56 Å². The number of imidazole rings is 1. The average Bonchev–Trinajstić information content (AvgIpc) is 3.59. The molecule has 0 saturated heterocycles. The molecule has 7 rings (SSSR count). The first kappa shape index (κ1) is 22.3. The van der Waals surface area contributed by atoms with Crippen molar-refractivity contribution < 1.29 is 9.84 Å². The zero-order chi connectivity index (χ0) is 25.3. The maximum atomic E-state index is 13.4. The SMILES string of the molecule is Cn1c(Nc2cc(C3CC3)cn([C@H]3CC[C@H]3O)c2=O)nc2ncc(Oc3cnn4ccccc34)c(Cl)c21. The lowest BCUT2D eigenvalue weighted by Gasteiger charge is -2.34. The number of halogens is 1. The molecule has 2 N–H and O–H groups in total. The largest absolute Gasteiger partial charge is 0.450 e. The van der Waals surface area contributed by atoms with Crippen molar-refractivity contribution in [1.82, 2.24) is 28.7 Å². The number of rotatable bonds is 6. The van der Waals surface area contributed by atoms with Gasteiger partial charge in [0, 0.05) is 19.4 Å². The summed E-state index contributed by atoms with van der Waals surface area (Å²) < 4.78 is 11.2. The summed E-state index contributed by atoms with van der Waals surface area (Å²) in [5.74, 6) is 1.81. The number of ether oxygens (including phenoxy) is 1. The Morgan fingerprint density at radius 2 is 2.03 bits per heavy atom. The van der Waals surface area contributed by atoms with Gasteiger partial charge in [-0.2, -0.15) is 10.1 Å². The van der Waals surface area contributed by atoms with Gasteiger partial charge in [0.2, 0.25) is 5.95 Å². The van der Waals surface area contributed by atoms with Crippen LogP contribution in [-0.2, 0) is 7.05 Å². The molecule has 10 nitrogen and oxygen atoms in total. The van der Waals surface area contributed by atoms with Gasteiger partial charge in [0.15, 0.2) is 17.1 Å². The number of pyridine rings is 3. The molecule has 0 aliphatic heterocycles. The summed E-state index contributed by atoms with van der Waals surface area (Å²) in [5.41, 5.74) is 3.13. The van der Waals surface area contributed by atoms with Crippen LogP contribution in [0.15, 0.2) is 53.8 Å². The Labute approximate surface area is 216 Å². The second-order valence-corrected chi connectivity index (χ2v) is 10.1. The van der Waals surface area contributed by atoms with Gasteiger partial charge in [-0.25, -0.2) is 9.50 Å². The summed E-state index contributed by atoms with van der Waals surface area (Å²) in [5, 5.41) is 18.1. The molecule has 0 radical (unpaired) electrons. The lowest BCUT2D eigenvalue weighted by Crippen LogP contribution is -2.39. The van der Waals surface area contributed by atoms with Gasteiger partial charge in [0.05, 0.1) is 24.5 Å². The zero-order valence-corrected chi connectivity index (χ0v) is 20.8. The van der Waals surface area contributed by atoms with Crippen LogP contribution < -0.4 is 15.6 Å². The number of fused-ring (bicyclic) bond motifs is 2. The molecule has 5 aromatic rings. The van der Waals surface area contributed by atoms with Crippen molar-refractivity contribution in [2.24, 2.45) is 7.05 Å². The van der Waals surface area contributed by atoms with Crippen LogP contribution in [0, 0.1) is 0 Å². The molecular weight excluding hydrogens is 494 g/mol. The van der Waals surface area contributed by atoms with Crippen molar-refractivity contribution in [3.8, 4) is 11.5 Å². The molecule has 0 unspecified atom stereocenters. The van der Waals surface area contributed by atoms with E-state index in [0.717, 1.165) is 30.3 Å². The third-order valence-corrected chi connectivity index (χ3v) is 7.70. The van der Waals surface area contributed by atoms with Crippen LogP contribution in [0.5, 0.6) is 11.5 Å². The minimum Gasteiger partial charge on any atom is -0.450 e. The molecule has 2 aliphatic rings. The summed E-state index contributed by atoms with van der Waals surface area (Å²) in [7, 11) is 1.81. The fourth-order valence-electron chi connectivity index (χ4n) is 4.91. The molecule has 5 aromatic heterocycles. The number of aliphatic hydroxyl groups is 1. The van der Waals surface area contributed by atoms with E-state index >= 15 is 0 Å². The van der Waals surface area contributed by atoms with Crippen LogP contribution in [0.25, 0.3) is 16.7 Å².